The van der Waals surface area contributed by atoms with Crippen molar-refractivity contribution < 1.29 is 0 Å². The van der Waals surface area contributed by atoms with Crippen molar-refractivity contribution in [2.24, 2.45) is 0 Å². The van der Waals surface area contributed by atoms with Crippen LogP contribution in [0.4, 0.5) is 0 Å². The van der Waals surface area contributed by atoms with Crippen LogP contribution in [0.1, 0.15) is 13.8 Å². The van der Waals surface area contributed by atoms with Crippen LogP contribution in [0.3, 0.4) is 0 Å². The first-order chi connectivity index (χ1) is 5.97. The van der Waals surface area contributed by atoms with Crippen LogP contribution in [0.5, 0.6) is 0 Å². The summed E-state index contributed by atoms with van der Waals surface area (Å²) in [5.41, 5.74) is 2.62. The molecule has 0 saturated heterocycles. The molecule has 0 unspecified atom stereocenters. The van der Waals surface area contributed by atoms with Crippen LogP contribution in [0, 0.1) is 0 Å². The largest absolute Gasteiger partial charge is 0.0683 e. The van der Waals surface area contributed by atoms with Crippen molar-refractivity contribution >= 4 is 0 Å². The normalized spacial score (nSPS) is 8.83. The predicted octanol–water partition coefficient (Wildman–Crippen LogP) is 3.82. The molecule has 0 saturated carbocycles. The minimum atomic E-state index is 1.31. The summed E-state index contributed by atoms with van der Waals surface area (Å²) in [5, 5.41) is 0. The molecule has 0 aliphatic heterocycles. The third kappa shape index (κ3) is 1.85. The minimum absolute atomic E-state index is 1.31. The van der Waals surface area contributed by atoms with Gasteiger partial charge in [-0.05, 0) is 11.1 Å². The second-order valence-electron chi connectivity index (χ2n) is 2.35. The quantitative estimate of drug-likeness (QED) is 0.546. The van der Waals surface area contributed by atoms with Crippen molar-refractivity contribution in [3.05, 3.63) is 48.5 Å². The fourth-order valence-corrected chi connectivity index (χ4v) is 1.13. The Balaban J connectivity index is 0.000000336. The van der Waals surface area contributed by atoms with Gasteiger partial charge in [0.25, 0.3) is 0 Å². The highest BCUT2D eigenvalue weighted by Crippen LogP contribution is 2.19. The van der Waals surface area contributed by atoms with E-state index in [4.69, 9.17) is 0 Å². The number of hydrogen-bond donors (Lipinski definition) is 0. The summed E-state index contributed by atoms with van der Waals surface area (Å²) in [5.74, 6) is 0. The van der Waals surface area contributed by atoms with Crippen molar-refractivity contribution in [1.29, 1.82) is 0 Å². The first kappa shape index (κ1) is 8.79. The van der Waals surface area contributed by atoms with E-state index >= 15 is 0 Å². The van der Waals surface area contributed by atoms with Gasteiger partial charge < -0.3 is 0 Å². The third-order valence-electron chi connectivity index (χ3n) is 1.66. The van der Waals surface area contributed by atoms with Gasteiger partial charge in [-0.3, -0.25) is 0 Å². The first-order valence-corrected chi connectivity index (χ1v) is 4.40. The highest BCUT2D eigenvalue weighted by Gasteiger charge is 1.94. The summed E-state index contributed by atoms with van der Waals surface area (Å²) in [6.45, 7) is 4.00. The van der Waals surface area contributed by atoms with Gasteiger partial charge in [-0.15, -0.1) is 0 Å². The zero-order valence-electron chi connectivity index (χ0n) is 7.62. The lowest BCUT2D eigenvalue weighted by atomic mass is 10.2. The van der Waals surface area contributed by atoms with Crippen LogP contribution < -0.4 is 0 Å². The third-order valence-corrected chi connectivity index (χ3v) is 1.66. The minimum Gasteiger partial charge on any atom is -0.0683 e. The lowest BCUT2D eigenvalue weighted by Gasteiger charge is -1.85. The number of rotatable bonds is 0. The maximum absolute atomic E-state index is 2.12. The molecule has 0 amide bonds. The summed E-state index contributed by atoms with van der Waals surface area (Å²) in [4.78, 5) is 0. The standard InChI is InChI=1S/C10H8.C2H6/c1-2-5-9-7-4-8-10(9)6-3-1;1-2/h1-8H;1-2H3. The van der Waals surface area contributed by atoms with Crippen LogP contribution in [-0.2, 0) is 0 Å². The molecule has 0 aromatic heterocycles. The Morgan fingerprint density at radius 3 is 1.50 bits per heavy atom. The topological polar surface area (TPSA) is 0 Å². The van der Waals surface area contributed by atoms with Gasteiger partial charge in [0.2, 0.25) is 0 Å². The SMILES string of the molecule is CC.c1ccc2cccc-2cc1. The van der Waals surface area contributed by atoms with Crippen LogP contribution in [0.25, 0.3) is 11.1 Å². The molecule has 0 fully saturated rings. The van der Waals surface area contributed by atoms with Gasteiger partial charge >= 0.3 is 0 Å². The molecule has 0 bridgehead atoms. The fraction of sp³-hybridized carbons (Fsp3) is 0.167. The average Bonchev–Trinajstić information content (AvgIpc) is 2.46. The molecule has 62 valence electrons. The highest BCUT2D eigenvalue weighted by molar-refractivity contribution is 5.65. The fourth-order valence-electron chi connectivity index (χ4n) is 1.13. The second kappa shape index (κ2) is 4.55. The van der Waals surface area contributed by atoms with E-state index in [9.17, 15) is 0 Å². The van der Waals surface area contributed by atoms with Crippen LogP contribution in [-0.4, -0.2) is 0 Å². The number of fused-ring (bicyclic) bond motifs is 1. The van der Waals surface area contributed by atoms with Gasteiger partial charge in [0.1, 0.15) is 0 Å². The highest BCUT2D eigenvalue weighted by atomic mass is 14.0. The monoisotopic (exact) mass is 158 g/mol. The van der Waals surface area contributed by atoms with Gasteiger partial charge in [-0.2, -0.15) is 0 Å². The summed E-state index contributed by atoms with van der Waals surface area (Å²) in [6, 6.07) is 16.7. The molecule has 0 atom stereocenters. The molecule has 12 heavy (non-hydrogen) atoms. The van der Waals surface area contributed by atoms with E-state index in [-0.39, 0.29) is 0 Å². The molecule has 0 nitrogen and oxygen atoms in total. The lowest BCUT2D eigenvalue weighted by Crippen LogP contribution is -1.59. The molecule has 2 aliphatic carbocycles. The molecule has 0 aromatic carbocycles. The van der Waals surface area contributed by atoms with E-state index in [1.165, 1.54) is 11.1 Å². The average molecular weight is 158 g/mol. The van der Waals surface area contributed by atoms with Crippen molar-refractivity contribution in [3.8, 4) is 11.1 Å². The van der Waals surface area contributed by atoms with E-state index in [0.29, 0.717) is 0 Å². The van der Waals surface area contributed by atoms with Gasteiger partial charge in [0, 0.05) is 0 Å². The Morgan fingerprint density at radius 1 is 0.583 bits per heavy atom. The summed E-state index contributed by atoms with van der Waals surface area (Å²) in [6.07, 6.45) is 0. The molecule has 0 radical (unpaired) electrons. The van der Waals surface area contributed by atoms with Crippen LogP contribution >= 0.6 is 0 Å². The maximum Gasteiger partial charge on any atom is -0.0184 e. The molecule has 0 spiro atoms. The molecular weight excluding hydrogens is 144 g/mol. The van der Waals surface area contributed by atoms with Crippen molar-refractivity contribution in [2.75, 3.05) is 0 Å². The van der Waals surface area contributed by atoms with E-state index < -0.39 is 0 Å². The zero-order valence-corrected chi connectivity index (χ0v) is 7.62. The Morgan fingerprint density at radius 2 is 1.00 bits per heavy atom. The van der Waals surface area contributed by atoms with Crippen LogP contribution in [0.15, 0.2) is 48.5 Å². The Labute approximate surface area is 74.2 Å². The smallest absolute Gasteiger partial charge is 0.0184 e. The Hall–Kier alpha value is -1.30. The molecule has 0 aromatic rings. The predicted molar refractivity (Wildman–Crippen MR) is 54.4 cm³/mol. The van der Waals surface area contributed by atoms with Gasteiger partial charge in [-0.1, -0.05) is 62.4 Å². The van der Waals surface area contributed by atoms with E-state index in [1.807, 2.05) is 19.9 Å². The van der Waals surface area contributed by atoms with Crippen molar-refractivity contribution in [3.63, 3.8) is 0 Å². The molecule has 2 rings (SSSR count). The van der Waals surface area contributed by atoms with E-state index in [1.54, 1.807) is 0 Å². The Kier molecular flexibility index (Phi) is 3.34. The van der Waals surface area contributed by atoms with Gasteiger partial charge in [-0.25, -0.2) is 0 Å². The van der Waals surface area contributed by atoms with E-state index in [0.717, 1.165) is 0 Å². The zero-order chi connectivity index (χ0) is 8.81. The molecule has 0 heteroatoms. The first-order valence-electron chi connectivity index (χ1n) is 4.40. The van der Waals surface area contributed by atoms with Crippen molar-refractivity contribution in [2.45, 2.75) is 13.8 Å². The van der Waals surface area contributed by atoms with Crippen LogP contribution in [0.2, 0.25) is 0 Å². The second-order valence-corrected chi connectivity index (χ2v) is 2.35. The molecule has 0 N–H and O–H groups in total. The molecule has 0 heterocycles. The summed E-state index contributed by atoms with van der Waals surface area (Å²) in [7, 11) is 0. The van der Waals surface area contributed by atoms with Gasteiger partial charge in [0.05, 0.1) is 0 Å². The lowest BCUT2D eigenvalue weighted by molar-refractivity contribution is 1.50. The van der Waals surface area contributed by atoms with Gasteiger partial charge in [0.15, 0.2) is 0 Å². The molecular formula is C12H14. The number of hydrogen-bond acceptors (Lipinski definition) is 0. The summed E-state index contributed by atoms with van der Waals surface area (Å²) < 4.78 is 0. The van der Waals surface area contributed by atoms with E-state index in [2.05, 4.69) is 42.5 Å². The maximum atomic E-state index is 2.12. The summed E-state index contributed by atoms with van der Waals surface area (Å²) >= 11 is 0. The Bertz CT molecular complexity index is 271. The molecule has 2 aliphatic rings. The van der Waals surface area contributed by atoms with Crippen molar-refractivity contribution in [1.82, 2.24) is 0 Å².